The maximum atomic E-state index is 12.2. The Hall–Kier alpha value is -2.73. The summed E-state index contributed by atoms with van der Waals surface area (Å²) in [5, 5.41) is 46.2. The van der Waals surface area contributed by atoms with Crippen LogP contribution in [-0.2, 0) is 14.3 Å². The third-order valence-electron chi connectivity index (χ3n) is 8.97. The Balaban J connectivity index is 1.45. The zero-order valence-corrected chi connectivity index (χ0v) is 24.2. The Morgan fingerprint density at radius 1 is 1.00 bits per heavy atom. The van der Waals surface area contributed by atoms with Crippen molar-refractivity contribution in [3.63, 3.8) is 0 Å². The third-order valence-corrected chi connectivity index (χ3v) is 9.32. The molecule has 2 aromatic rings. The number of rotatable bonds is 10. The van der Waals surface area contributed by atoms with E-state index in [0.717, 1.165) is 16.7 Å². The summed E-state index contributed by atoms with van der Waals surface area (Å²) in [6.45, 7) is 2.88. The molecule has 2 aromatic carbocycles. The van der Waals surface area contributed by atoms with Gasteiger partial charge in [0.15, 0.2) is 0 Å². The number of hydrogen-bond donors (Lipinski definition) is 6. The van der Waals surface area contributed by atoms with Gasteiger partial charge >= 0.3 is 11.9 Å². The van der Waals surface area contributed by atoms with Crippen LogP contribution in [0.2, 0.25) is 5.02 Å². The first-order chi connectivity index (χ1) is 20.2. The first-order valence-electron chi connectivity index (χ1n) is 14.6. The predicted octanol–water partition coefficient (Wildman–Crippen LogP) is 2.94. The van der Waals surface area contributed by atoms with Gasteiger partial charge in [0.05, 0.1) is 24.9 Å². The van der Waals surface area contributed by atoms with E-state index in [2.05, 4.69) is 10.6 Å². The molecule has 3 aliphatic rings. The first-order valence-corrected chi connectivity index (χ1v) is 15.0. The fourth-order valence-corrected chi connectivity index (χ4v) is 7.12. The fourth-order valence-electron chi connectivity index (χ4n) is 6.89. The molecule has 3 fully saturated rings. The number of carboxylic acid groups (broad SMARTS) is 2. The molecule has 5 rings (SSSR count). The minimum Gasteiger partial charge on any atom is -0.490 e. The normalized spacial score (nSPS) is 31.0. The van der Waals surface area contributed by atoms with Crippen molar-refractivity contribution in [3.05, 3.63) is 64.2 Å². The Bertz CT molecular complexity index is 1260. The molecule has 3 heterocycles. The molecule has 0 amide bonds. The van der Waals surface area contributed by atoms with Gasteiger partial charge in [-0.2, -0.15) is 0 Å². The Labute approximate surface area is 250 Å². The molecular formula is C31H39ClN2O8. The van der Waals surface area contributed by atoms with Crippen LogP contribution in [0, 0.1) is 11.8 Å². The number of carbonyl (C=O) groups is 2. The fraction of sp³-hybridized carbons (Fsp3) is 0.548. The number of aliphatic carboxylic acids is 2. The molecule has 3 saturated heterocycles. The number of halogens is 1. The average molecular weight is 603 g/mol. The molecule has 6 N–H and O–H groups in total. The lowest BCUT2D eigenvalue weighted by Crippen LogP contribution is -2.41. The van der Waals surface area contributed by atoms with E-state index in [4.69, 9.17) is 21.1 Å². The van der Waals surface area contributed by atoms with Crippen LogP contribution in [0.25, 0.3) is 0 Å². The molecule has 3 aliphatic heterocycles. The van der Waals surface area contributed by atoms with E-state index in [1.165, 1.54) is 0 Å². The van der Waals surface area contributed by atoms with Crippen molar-refractivity contribution in [3.8, 4) is 5.75 Å². The minimum atomic E-state index is -0.925. The van der Waals surface area contributed by atoms with Gasteiger partial charge in [-0.3, -0.25) is 9.59 Å². The molecule has 0 aromatic heterocycles. The smallest absolute Gasteiger partial charge is 0.321 e. The maximum Gasteiger partial charge on any atom is 0.321 e. The Morgan fingerprint density at radius 3 is 2.29 bits per heavy atom. The first kappa shape index (κ1) is 30.7. The van der Waals surface area contributed by atoms with Gasteiger partial charge < -0.3 is 40.5 Å². The second-order valence-electron chi connectivity index (χ2n) is 11.7. The van der Waals surface area contributed by atoms with Crippen LogP contribution in [0.4, 0.5) is 0 Å². The van der Waals surface area contributed by atoms with Crippen molar-refractivity contribution in [2.24, 2.45) is 11.8 Å². The Morgan fingerprint density at radius 2 is 1.64 bits per heavy atom. The summed E-state index contributed by atoms with van der Waals surface area (Å²) in [7, 11) is 0. The molecule has 0 saturated carbocycles. The molecule has 42 heavy (non-hydrogen) atoms. The topological polar surface area (TPSA) is 158 Å². The van der Waals surface area contributed by atoms with Crippen molar-refractivity contribution >= 4 is 23.5 Å². The summed E-state index contributed by atoms with van der Waals surface area (Å²) in [5.41, 5.74) is 2.45. The van der Waals surface area contributed by atoms with Crippen molar-refractivity contribution < 1.29 is 39.5 Å². The number of aliphatic hydroxyl groups excluding tert-OH is 2. The molecule has 228 valence electrons. The lowest BCUT2D eigenvalue weighted by molar-refractivity contribution is -0.141. The van der Waals surface area contributed by atoms with Gasteiger partial charge in [0.2, 0.25) is 0 Å². The van der Waals surface area contributed by atoms with E-state index in [1.54, 1.807) is 6.07 Å². The van der Waals surface area contributed by atoms with Crippen LogP contribution >= 0.6 is 11.6 Å². The van der Waals surface area contributed by atoms with Crippen molar-refractivity contribution in [1.82, 2.24) is 10.6 Å². The maximum absolute atomic E-state index is 12.2. The SMILES string of the molecule is CC(Oc1ccc(C(c2cc(C3CC(O)CC(CO)O3)ccc2Cl)C2CCNC2C(=O)O)cc1)C1CCNC1C(=O)O. The molecule has 0 spiro atoms. The van der Waals surface area contributed by atoms with Crippen LogP contribution in [0.1, 0.15) is 61.3 Å². The van der Waals surface area contributed by atoms with E-state index < -0.39 is 42.3 Å². The van der Waals surface area contributed by atoms with Gasteiger partial charge in [-0.15, -0.1) is 0 Å². The Kier molecular flexibility index (Phi) is 9.71. The monoisotopic (exact) mass is 602 g/mol. The number of benzene rings is 2. The molecule has 0 radical (unpaired) electrons. The highest BCUT2D eigenvalue weighted by molar-refractivity contribution is 6.31. The summed E-state index contributed by atoms with van der Waals surface area (Å²) in [6.07, 6.45) is 0.263. The van der Waals surface area contributed by atoms with Gasteiger partial charge in [0, 0.05) is 29.7 Å². The van der Waals surface area contributed by atoms with E-state index in [0.29, 0.717) is 49.5 Å². The zero-order chi connectivity index (χ0) is 30.0. The van der Waals surface area contributed by atoms with Crippen molar-refractivity contribution in [2.75, 3.05) is 19.7 Å². The lowest BCUT2D eigenvalue weighted by Gasteiger charge is -2.34. The van der Waals surface area contributed by atoms with E-state index in [9.17, 15) is 30.0 Å². The number of ether oxygens (including phenoxy) is 2. The van der Waals surface area contributed by atoms with Crippen LogP contribution < -0.4 is 15.4 Å². The van der Waals surface area contributed by atoms with Gasteiger partial charge in [0.25, 0.3) is 0 Å². The molecular weight excluding hydrogens is 564 g/mol. The van der Waals surface area contributed by atoms with Crippen molar-refractivity contribution in [1.29, 1.82) is 0 Å². The largest absolute Gasteiger partial charge is 0.490 e. The highest BCUT2D eigenvalue weighted by atomic mass is 35.5. The van der Waals surface area contributed by atoms with Crippen LogP contribution in [0.15, 0.2) is 42.5 Å². The molecule has 0 bridgehead atoms. The minimum absolute atomic E-state index is 0.164. The van der Waals surface area contributed by atoms with E-state index >= 15 is 0 Å². The number of carboxylic acids is 2. The van der Waals surface area contributed by atoms with E-state index in [-0.39, 0.29) is 30.5 Å². The highest BCUT2D eigenvalue weighted by Crippen LogP contribution is 2.43. The standard InChI is InChI=1S/C31H39ClN2O8/c1-16(22-8-10-33-28(22)30(37)38)41-20-5-2-17(3-6-20)27(23-9-11-34-29(23)31(39)40)24-12-18(4-7-25(24)32)26-14-19(36)13-21(15-35)42-26/h2-7,12,16,19,21-23,26-29,33-36H,8-11,13-15H2,1H3,(H,37,38)(H,39,40). The number of nitrogens with one attached hydrogen (secondary N) is 2. The van der Waals surface area contributed by atoms with Gasteiger partial charge in [0.1, 0.15) is 23.9 Å². The number of hydrogen-bond acceptors (Lipinski definition) is 8. The lowest BCUT2D eigenvalue weighted by atomic mass is 9.76. The average Bonchev–Trinajstić information content (AvgIpc) is 3.65. The zero-order valence-electron chi connectivity index (χ0n) is 23.5. The molecule has 9 unspecified atom stereocenters. The van der Waals surface area contributed by atoms with Gasteiger partial charge in [-0.05, 0) is 73.7 Å². The predicted molar refractivity (Wildman–Crippen MR) is 155 cm³/mol. The summed E-state index contributed by atoms with van der Waals surface area (Å²) in [6, 6.07) is 11.6. The second kappa shape index (κ2) is 13.3. The van der Waals surface area contributed by atoms with Gasteiger partial charge in [-0.1, -0.05) is 35.9 Å². The molecule has 11 heteroatoms. The second-order valence-corrected chi connectivity index (χ2v) is 12.1. The van der Waals surface area contributed by atoms with Gasteiger partial charge in [-0.25, -0.2) is 0 Å². The number of aliphatic hydroxyl groups is 2. The summed E-state index contributed by atoms with van der Waals surface area (Å²) >= 11 is 6.81. The molecule has 9 atom stereocenters. The van der Waals surface area contributed by atoms with Crippen molar-refractivity contribution in [2.45, 2.75) is 75.0 Å². The molecule has 0 aliphatic carbocycles. The third kappa shape index (κ3) is 6.59. The van der Waals surface area contributed by atoms with E-state index in [1.807, 2.05) is 43.3 Å². The summed E-state index contributed by atoms with van der Waals surface area (Å²) in [5.74, 6) is -2.03. The highest BCUT2D eigenvalue weighted by Gasteiger charge is 2.41. The van der Waals surface area contributed by atoms with Crippen LogP contribution in [-0.4, -0.2) is 82.5 Å². The van der Waals surface area contributed by atoms with Crippen LogP contribution in [0.3, 0.4) is 0 Å². The summed E-state index contributed by atoms with van der Waals surface area (Å²) < 4.78 is 12.2. The molecule has 10 nitrogen and oxygen atoms in total. The quantitative estimate of drug-likeness (QED) is 0.239. The van der Waals surface area contributed by atoms with Crippen LogP contribution in [0.5, 0.6) is 5.75 Å². The summed E-state index contributed by atoms with van der Waals surface area (Å²) in [4.78, 5) is 23.8.